The van der Waals surface area contributed by atoms with E-state index in [2.05, 4.69) is 21.8 Å². The Balaban J connectivity index is 1.44. The number of nitrogens with zero attached hydrogens (tertiary/aromatic N) is 2. The van der Waals surface area contributed by atoms with Gasteiger partial charge in [-0.2, -0.15) is 0 Å². The first-order valence-corrected chi connectivity index (χ1v) is 12.2. The fourth-order valence-electron chi connectivity index (χ4n) is 4.18. The molecule has 0 atom stereocenters. The first-order valence-electron chi connectivity index (χ1n) is 10.7. The standard InChI is InChI=1S/C23H29N3O4S/c1-18(27)26-9-3-6-21-15-22(7-8-23(21)26)31(28,29)24-16-19-4-2-5-20(14-19)17-25-10-12-30-13-11-25/h2,4-5,7-8,14-15,24H,3,6,9-13,16-17H2,1H3. The molecule has 1 saturated heterocycles. The summed E-state index contributed by atoms with van der Waals surface area (Å²) in [5.41, 5.74) is 3.80. The van der Waals surface area contributed by atoms with Gasteiger partial charge < -0.3 is 9.64 Å². The number of amides is 1. The molecular formula is C23H29N3O4S. The molecule has 2 aliphatic heterocycles. The van der Waals surface area contributed by atoms with E-state index in [9.17, 15) is 13.2 Å². The second-order valence-electron chi connectivity index (χ2n) is 8.10. The fraction of sp³-hybridized carbons (Fsp3) is 0.435. The Morgan fingerprint density at radius 3 is 2.61 bits per heavy atom. The Morgan fingerprint density at radius 2 is 1.84 bits per heavy atom. The highest BCUT2D eigenvalue weighted by atomic mass is 32.2. The van der Waals surface area contributed by atoms with Gasteiger partial charge >= 0.3 is 0 Å². The third-order valence-corrected chi connectivity index (χ3v) is 7.23. The summed E-state index contributed by atoms with van der Waals surface area (Å²) < 4.78 is 33.9. The van der Waals surface area contributed by atoms with Gasteiger partial charge in [0.1, 0.15) is 0 Å². The van der Waals surface area contributed by atoms with E-state index in [4.69, 9.17) is 4.74 Å². The van der Waals surface area contributed by atoms with E-state index >= 15 is 0 Å². The van der Waals surface area contributed by atoms with Crippen molar-refractivity contribution < 1.29 is 17.9 Å². The molecular weight excluding hydrogens is 414 g/mol. The van der Waals surface area contributed by atoms with Crippen LogP contribution in [-0.2, 0) is 39.1 Å². The van der Waals surface area contributed by atoms with Crippen LogP contribution in [0.3, 0.4) is 0 Å². The molecule has 0 radical (unpaired) electrons. The van der Waals surface area contributed by atoms with E-state index in [-0.39, 0.29) is 17.3 Å². The number of morpholine rings is 1. The summed E-state index contributed by atoms with van der Waals surface area (Å²) in [6.07, 6.45) is 1.60. The van der Waals surface area contributed by atoms with Gasteiger partial charge in [-0.3, -0.25) is 9.69 Å². The number of hydrogen-bond acceptors (Lipinski definition) is 5. The molecule has 4 rings (SSSR count). The zero-order chi connectivity index (χ0) is 21.8. The summed E-state index contributed by atoms with van der Waals surface area (Å²) in [6, 6.07) is 13.0. The smallest absolute Gasteiger partial charge is 0.240 e. The monoisotopic (exact) mass is 443 g/mol. The Labute approximate surface area is 184 Å². The fourth-order valence-corrected chi connectivity index (χ4v) is 5.25. The second-order valence-corrected chi connectivity index (χ2v) is 9.86. The normalized spacial score (nSPS) is 17.4. The van der Waals surface area contributed by atoms with Gasteiger partial charge in [0.2, 0.25) is 15.9 Å². The van der Waals surface area contributed by atoms with Crippen LogP contribution >= 0.6 is 0 Å². The number of rotatable bonds is 6. The van der Waals surface area contributed by atoms with Crippen LogP contribution in [0.1, 0.15) is 30.0 Å². The molecule has 2 heterocycles. The average Bonchev–Trinajstić information content (AvgIpc) is 2.78. The van der Waals surface area contributed by atoms with Gasteiger partial charge in [-0.1, -0.05) is 24.3 Å². The van der Waals surface area contributed by atoms with Crippen LogP contribution in [0.15, 0.2) is 47.4 Å². The van der Waals surface area contributed by atoms with Crippen molar-refractivity contribution in [2.45, 2.75) is 37.8 Å². The molecule has 0 unspecified atom stereocenters. The minimum Gasteiger partial charge on any atom is -0.379 e. The van der Waals surface area contributed by atoms with Crippen LogP contribution in [0.25, 0.3) is 0 Å². The number of carbonyl (C=O) groups is 1. The van der Waals surface area contributed by atoms with Crippen molar-refractivity contribution in [1.29, 1.82) is 0 Å². The molecule has 0 saturated carbocycles. The van der Waals surface area contributed by atoms with Crippen LogP contribution in [0.5, 0.6) is 0 Å². The molecule has 1 fully saturated rings. The Kier molecular flexibility index (Phi) is 6.71. The Hall–Kier alpha value is -2.26. The maximum atomic E-state index is 12.9. The van der Waals surface area contributed by atoms with Crippen LogP contribution in [-0.4, -0.2) is 52.1 Å². The van der Waals surface area contributed by atoms with Gasteiger partial charge in [-0.25, -0.2) is 13.1 Å². The maximum Gasteiger partial charge on any atom is 0.240 e. The van der Waals surface area contributed by atoms with E-state index in [1.165, 1.54) is 6.92 Å². The highest BCUT2D eigenvalue weighted by molar-refractivity contribution is 7.89. The molecule has 0 bridgehead atoms. The molecule has 2 aromatic carbocycles. The molecule has 8 heteroatoms. The number of ether oxygens (including phenoxy) is 1. The van der Waals surface area contributed by atoms with Crippen LogP contribution in [0.4, 0.5) is 5.69 Å². The Bertz CT molecular complexity index is 1050. The number of aryl methyl sites for hydroxylation is 1. The topological polar surface area (TPSA) is 79.0 Å². The summed E-state index contributed by atoms with van der Waals surface area (Å²) in [5, 5.41) is 0. The SMILES string of the molecule is CC(=O)N1CCCc2cc(S(=O)(=O)NCc3cccc(CN4CCOCC4)c3)ccc21. The summed E-state index contributed by atoms with van der Waals surface area (Å²) in [6.45, 7) is 6.61. The molecule has 0 aliphatic carbocycles. The number of hydrogen-bond donors (Lipinski definition) is 1. The maximum absolute atomic E-state index is 12.9. The molecule has 166 valence electrons. The number of fused-ring (bicyclic) bond motifs is 1. The van der Waals surface area contributed by atoms with Crippen molar-refractivity contribution in [3.05, 3.63) is 59.2 Å². The van der Waals surface area contributed by atoms with Gasteiger partial charge in [0.25, 0.3) is 0 Å². The van der Waals surface area contributed by atoms with E-state index in [1.807, 2.05) is 12.1 Å². The van der Waals surface area contributed by atoms with Gasteiger partial charge in [0, 0.05) is 45.3 Å². The zero-order valence-corrected chi connectivity index (χ0v) is 18.7. The average molecular weight is 444 g/mol. The molecule has 1 N–H and O–H groups in total. The van der Waals surface area contributed by atoms with Gasteiger partial charge in [0.15, 0.2) is 0 Å². The van der Waals surface area contributed by atoms with Gasteiger partial charge in [0.05, 0.1) is 18.1 Å². The lowest BCUT2D eigenvalue weighted by molar-refractivity contribution is -0.116. The van der Waals surface area contributed by atoms with E-state index in [0.717, 1.165) is 68.1 Å². The third-order valence-electron chi connectivity index (χ3n) is 5.83. The molecule has 2 aliphatic rings. The first kappa shape index (κ1) is 22.0. The van der Waals surface area contributed by atoms with Gasteiger partial charge in [-0.05, 0) is 47.7 Å². The number of nitrogens with one attached hydrogen (secondary N) is 1. The van der Waals surface area contributed by atoms with Crippen molar-refractivity contribution in [3.8, 4) is 0 Å². The van der Waals surface area contributed by atoms with E-state index in [0.29, 0.717) is 6.54 Å². The predicted molar refractivity (Wildman–Crippen MR) is 119 cm³/mol. The van der Waals surface area contributed by atoms with Crippen molar-refractivity contribution in [1.82, 2.24) is 9.62 Å². The molecule has 2 aromatic rings. The number of benzene rings is 2. The highest BCUT2D eigenvalue weighted by Crippen LogP contribution is 2.29. The summed E-state index contributed by atoms with van der Waals surface area (Å²) in [7, 11) is -3.65. The summed E-state index contributed by atoms with van der Waals surface area (Å²) >= 11 is 0. The zero-order valence-electron chi connectivity index (χ0n) is 17.8. The van der Waals surface area contributed by atoms with Crippen molar-refractivity contribution >= 4 is 21.6 Å². The number of carbonyl (C=O) groups excluding carboxylic acids is 1. The quantitative estimate of drug-likeness (QED) is 0.741. The summed E-state index contributed by atoms with van der Waals surface area (Å²) in [5.74, 6) is -0.0216. The van der Waals surface area contributed by atoms with Crippen LogP contribution < -0.4 is 9.62 Å². The molecule has 31 heavy (non-hydrogen) atoms. The van der Waals surface area contributed by atoms with Crippen molar-refractivity contribution in [2.75, 3.05) is 37.7 Å². The van der Waals surface area contributed by atoms with E-state index < -0.39 is 10.0 Å². The van der Waals surface area contributed by atoms with Crippen molar-refractivity contribution in [2.24, 2.45) is 0 Å². The first-order chi connectivity index (χ1) is 14.9. The lowest BCUT2D eigenvalue weighted by atomic mass is 10.0. The second kappa shape index (κ2) is 9.48. The third kappa shape index (κ3) is 5.33. The lowest BCUT2D eigenvalue weighted by Crippen LogP contribution is -2.35. The number of anilines is 1. The van der Waals surface area contributed by atoms with Crippen LogP contribution in [0.2, 0.25) is 0 Å². The molecule has 1 amide bonds. The van der Waals surface area contributed by atoms with Crippen LogP contribution in [0, 0.1) is 0 Å². The highest BCUT2D eigenvalue weighted by Gasteiger charge is 2.23. The van der Waals surface area contributed by atoms with Crippen molar-refractivity contribution in [3.63, 3.8) is 0 Å². The molecule has 0 aromatic heterocycles. The van der Waals surface area contributed by atoms with E-state index in [1.54, 1.807) is 23.1 Å². The lowest BCUT2D eigenvalue weighted by Gasteiger charge is -2.28. The number of sulfonamides is 1. The molecule has 7 nitrogen and oxygen atoms in total. The summed E-state index contributed by atoms with van der Waals surface area (Å²) in [4.78, 5) is 16.1. The molecule has 0 spiro atoms. The minimum atomic E-state index is -3.65. The van der Waals surface area contributed by atoms with Gasteiger partial charge in [-0.15, -0.1) is 0 Å². The minimum absolute atomic E-state index is 0.0216. The Morgan fingerprint density at radius 1 is 1.06 bits per heavy atom. The predicted octanol–water partition coefficient (Wildman–Crippen LogP) is 2.30. The largest absolute Gasteiger partial charge is 0.379 e.